The van der Waals surface area contributed by atoms with Crippen molar-refractivity contribution in [3.05, 3.63) is 35.4 Å². The Labute approximate surface area is 129 Å². The Morgan fingerprint density at radius 3 is 2.29 bits per heavy atom. The van der Waals surface area contributed by atoms with Crippen LogP contribution in [0.3, 0.4) is 0 Å². The number of rotatable bonds is 8. The van der Waals surface area contributed by atoms with Gasteiger partial charge in [-0.25, -0.2) is 0 Å². The molecule has 1 unspecified atom stereocenters. The molecule has 21 heavy (non-hydrogen) atoms. The van der Waals surface area contributed by atoms with Gasteiger partial charge in [0.15, 0.2) is 0 Å². The minimum absolute atomic E-state index is 0.0814. The molecule has 0 bridgehead atoms. The standard InChI is InChI=1S/C16H24F3NS/c1-12(2)20-11-15(8-9-21-16(17,18)19)10-14-6-4-13(3)5-7-14/h4-7,12,15,20H,8-11H2,1-3H3. The summed E-state index contributed by atoms with van der Waals surface area (Å²) in [5.41, 5.74) is -1.74. The van der Waals surface area contributed by atoms with Gasteiger partial charge < -0.3 is 5.32 Å². The summed E-state index contributed by atoms with van der Waals surface area (Å²) < 4.78 is 36.7. The Kier molecular flexibility index (Phi) is 7.60. The second-order valence-corrected chi connectivity index (χ2v) is 6.86. The van der Waals surface area contributed by atoms with Crippen molar-refractivity contribution in [2.45, 2.75) is 45.2 Å². The van der Waals surface area contributed by atoms with E-state index in [1.54, 1.807) is 0 Å². The molecule has 0 spiro atoms. The van der Waals surface area contributed by atoms with Gasteiger partial charge in [0.1, 0.15) is 0 Å². The average Bonchev–Trinajstić information content (AvgIpc) is 2.36. The number of hydrogen-bond donors (Lipinski definition) is 1. The van der Waals surface area contributed by atoms with Crippen LogP contribution in [0.15, 0.2) is 24.3 Å². The molecule has 0 amide bonds. The van der Waals surface area contributed by atoms with Crippen molar-refractivity contribution in [3.63, 3.8) is 0 Å². The van der Waals surface area contributed by atoms with Crippen LogP contribution in [0.2, 0.25) is 0 Å². The number of hydrogen-bond acceptors (Lipinski definition) is 2. The largest absolute Gasteiger partial charge is 0.441 e. The van der Waals surface area contributed by atoms with Crippen molar-refractivity contribution >= 4 is 11.8 Å². The molecular formula is C16H24F3NS. The third kappa shape index (κ3) is 9.04. The van der Waals surface area contributed by atoms with Gasteiger partial charge >= 0.3 is 5.51 Å². The van der Waals surface area contributed by atoms with Gasteiger partial charge in [-0.15, -0.1) is 0 Å². The molecule has 5 heteroatoms. The highest BCUT2D eigenvalue weighted by atomic mass is 32.2. The van der Waals surface area contributed by atoms with Gasteiger partial charge in [-0.3, -0.25) is 0 Å². The van der Waals surface area contributed by atoms with E-state index in [0.29, 0.717) is 12.5 Å². The van der Waals surface area contributed by atoms with Crippen LogP contribution in [0.4, 0.5) is 13.2 Å². The van der Waals surface area contributed by atoms with Crippen LogP contribution in [0.25, 0.3) is 0 Å². The number of benzene rings is 1. The molecule has 0 saturated carbocycles. The number of nitrogens with one attached hydrogen (secondary N) is 1. The van der Waals surface area contributed by atoms with Crippen molar-refractivity contribution in [2.24, 2.45) is 5.92 Å². The highest BCUT2D eigenvalue weighted by molar-refractivity contribution is 8.00. The predicted molar refractivity (Wildman–Crippen MR) is 84.6 cm³/mol. The third-order valence-corrected chi connectivity index (χ3v) is 4.02. The summed E-state index contributed by atoms with van der Waals surface area (Å²) in [5.74, 6) is 0.352. The molecule has 0 saturated heterocycles. The molecule has 120 valence electrons. The zero-order valence-electron chi connectivity index (χ0n) is 12.8. The molecule has 1 N–H and O–H groups in total. The van der Waals surface area contributed by atoms with Crippen LogP contribution < -0.4 is 5.32 Å². The predicted octanol–water partition coefficient (Wildman–Crippen LogP) is 4.79. The summed E-state index contributed by atoms with van der Waals surface area (Å²) in [7, 11) is 0. The van der Waals surface area contributed by atoms with E-state index in [9.17, 15) is 13.2 Å². The van der Waals surface area contributed by atoms with Crippen molar-refractivity contribution in [2.75, 3.05) is 12.3 Å². The summed E-state index contributed by atoms with van der Waals surface area (Å²) in [5, 5.41) is 3.33. The lowest BCUT2D eigenvalue weighted by Crippen LogP contribution is -2.30. The zero-order chi connectivity index (χ0) is 15.9. The molecule has 0 radical (unpaired) electrons. The number of alkyl halides is 3. The fraction of sp³-hybridized carbons (Fsp3) is 0.625. The molecule has 1 nitrogen and oxygen atoms in total. The fourth-order valence-corrected chi connectivity index (χ4v) is 2.76. The first-order valence-electron chi connectivity index (χ1n) is 7.26. The fourth-order valence-electron chi connectivity index (χ4n) is 2.08. The van der Waals surface area contributed by atoms with Gasteiger partial charge in [0.05, 0.1) is 0 Å². The summed E-state index contributed by atoms with van der Waals surface area (Å²) in [6.45, 7) is 6.88. The molecule has 0 heterocycles. The number of halogens is 3. The molecule has 1 aromatic rings. The van der Waals surface area contributed by atoms with Crippen molar-refractivity contribution in [1.82, 2.24) is 5.32 Å². The number of aryl methyl sites for hydroxylation is 1. The van der Waals surface area contributed by atoms with E-state index in [1.165, 1.54) is 11.1 Å². The SMILES string of the molecule is Cc1ccc(CC(CCSC(F)(F)F)CNC(C)C)cc1. The van der Waals surface area contributed by atoms with E-state index in [-0.39, 0.29) is 23.4 Å². The quantitative estimate of drug-likeness (QED) is 0.739. The molecule has 0 aliphatic heterocycles. The minimum Gasteiger partial charge on any atom is -0.314 e. The Morgan fingerprint density at radius 2 is 1.76 bits per heavy atom. The topological polar surface area (TPSA) is 12.0 Å². The molecule has 0 aromatic heterocycles. The zero-order valence-corrected chi connectivity index (χ0v) is 13.7. The minimum atomic E-state index is -4.13. The molecule has 0 aliphatic carbocycles. The monoisotopic (exact) mass is 319 g/mol. The molecule has 0 aliphatic rings. The van der Waals surface area contributed by atoms with Gasteiger partial charge in [0.25, 0.3) is 0 Å². The summed E-state index contributed by atoms with van der Waals surface area (Å²) in [4.78, 5) is 0. The molecule has 0 fully saturated rings. The Bertz CT molecular complexity index is 401. The molecule has 1 aromatic carbocycles. The molecule has 1 rings (SSSR count). The maximum atomic E-state index is 12.2. The number of thioether (sulfide) groups is 1. The average molecular weight is 319 g/mol. The summed E-state index contributed by atoms with van der Waals surface area (Å²) in [6.07, 6.45) is 1.39. The highest BCUT2D eigenvalue weighted by Gasteiger charge is 2.28. The Morgan fingerprint density at radius 1 is 1.14 bits per heavy atom. The van der Waals surface area contributed by atoms with Gasteiger partial charge in [0.2, 0.25) is 0 Å². The highest BCUT2D eigenvalue weighted by Crippen LogP contribution is 2.31. The van der Waals surface area contributed by atoms with E-state index in [4.69, 9.17) is 0 Å². The van der Waals surface area contributed by atoms with Crippen molar-refractivity contribution in [1.29, 1.82) is 0 Å². The Hall–Kier alpha value is -0.680. The van der Waals surface area contributed by atoms with Crippen LogP contribution in [0.5, 0.6) is 0 Å². The summed E-state index contributed by atoms with van der Waals surface area (Å²) >= 11 is 0.0814. The van der Waals surface area contributed by atoms with Gasteiger partial charge in [-0.1, -0.05) is 55.4 Å². The normalized spacial score (nSPS) is 13.7. The van der Waals surface area contributed by atoms with Crippen molar-refractivity contribution in [3.8, 4) is 0 Å². The van der Waals surface area contributed by atoms with E-state index < -0.39 is 5.51 Å². The van der Waals surface area contributed by atoms with E-state index in [2.05, 4.69) is 17.4 Å². The summed E-state index contributed by atoms with van der Waals surface area (Å²) in [6, 6.07) is 8.57. The first-order chi connectivity index (χ1) is 9.76. The maximum Gasteiger partial charge on any atom is 0.441 e. The van der Waals surface area contributed by atoms with Crippen LogP contribution in [-0.2, 0) is 6.42 Å². The Balaban J connectivity index is 2.52. The van der Waals surface area contributed by atoms with Gasteiger partial charge in [-0.05, 0) is 37.8 Å². The van der Waals surface area contributed by atoms with Crippen LogP contribution in [0.1, 0.15) is 31.4 Å². The lowest BCUT2D eigenvalue weighted by molar-refractivity contribution is -0.0328. The first kappa shape index (κ1) is 18.4. The van der Waals surface area contributed by atoms with Gasteiger partial charge in [0, 0.05) is 11.8 Å². The lowest BCUT2D eigenvalue weighted by atomic mass is 9.96. The van der Waals surface area contributed by atoms with E-state index in [1.807, 2.05) is 32.9 Å². The van der Waals surface area contributed by atoms with Crippen LogP contribution in [-0.4, -0.2) is 23.8 Å². The lowest BCUT2D eigenvalue weighted by Gasteiger charge is -2.20. The maximum absolute atomic E-state index is 12.2. The molecular weight excluding hydrogens is 295 g/mol. The second kappa shape index (κ2) is 8.69. The van der Waals surface area contributed by atoms with Crippen LogP contribution in [0, 0.1) is 12.8 Å². The second-order valence-electron chi connectivity index (χ2n) is 5.70. The van der Waals surface area contributed by atoms with Crippen LogP contribution >= 0.6 is 11.8 Å². The van der Waals surface area contributed by atoms with E-state index in [0.717, 1.165) is 13.0 Å². The smallest absolute Gasteiger partial charge is 0.314 e. The third-order valence-electron chi connectivity index (χ3n) is 3.25. The van der Waals surface area contributed by atoms with E-state index >= 15 is 0 Å². The van der Waals surface area contributed by atoms with Gasteiger partial charge in [-0.2, -0.15) is 13.2 Å². The molecule has 1 atom stereocenters. The van der Waals surface area contributed by atoms with Crippen molar-refractivity contribution < 1.29 is 13.2 Å². The first-order valence-corrected chi connectivity index (χ1v) is 8.24.